The van der Waals surface area contributed by atoms with Crippen molar-refractivity contribution in [3.8, 4) is 0 Å². The lowest BCUT2D eigenvalue weighted by Gasteiger charge is -2.12. The largest absolute Gasteiger partial charge is 0.479 e. The molecule has 9 heteroatoms. The van der Waals surface area contributed by atoms with Gasteiger partial charge in [0.05, 0.1) is 6.10 Å². The number of hydrogen-bond acceptors (Lipinski definition) is 6. The van der Waals surface area contributed by atoms with Crippen molar-refractivity contribution in [1.82, 2.24) is 15.5 Å². The zero-order valence-electron chi connectivity index (χ0n) is 10.3. The maximum absolute atomic E-state index is 11.5. The van der Waals surface area contributed by atoms with Crippen molar-refractivity contribution in [3.05, 3.63) is 5.01 Å². The minimum Gasteiger partial charge on any atom is -0.479 e. The van der Waals surface area contributed by atoms with E-state index >= 15 is 0 Å². The molecule has 0 bridgehead atoms. The molecule has 2 amide bonds. The number of hydrogen-bond donors (Lipinski definition) is 3. The molecule has 104 valence electrons. The molecule has 2 heterocycles. The first-order chi connectivity index (χ1) is 9.04. The second-order valence-corrected chi connectivity index (χ2v) is 5.31. The van der Waals surface area contributed by atoms with Gasteiger partial charge in [0.2, 0.25) is 5.13 Å². The van der Waals surface area contributed by atoms with Crippen LogP contribution in [-0.2, 0) is 9.53 Å². The van der Waals surface area contributed by atoms with E-state index in [1.54, 1.807) is 6.92 Å². The summed E-state index contributed by atoms with van der Waals surface area (Å²) in [6.07, 6.45) is 0.0670. The van der Waals surface area contributed by atoms with E-state index in [0.717, 1.165) is 5.01 Å². The highest BCUT2D eigenvalue weighted by molar-refractivity contribution is 7.15. The summed E-state index contributed by atoms with van der Waals surface area (Å²) in [6.45, 7) is 2.06. The number of carboxylic acid groups (broad SMARTS) is 1. The first-order valence-electron chi connectivity index (χ1n) is 5.78. The summed E-state index contributed by atoms with van der Waals surface area (Å²) in [6, 6.07) is -0.404. The number of aliphatic carboxylic acids is 1. The molecule has 1 fully saturated rings. The number of aryl methyl sites for hydroxylation is 1. The zero-order chi connectivity index (χ0) is 13.8. The number of rotatable bonds is 4. The number of carbonyl (C=O) groups is 2. The molecule has 1 aromatic heterocycles. The van der Waals surface area contributed by atoms with E-state index in [1.165, 1.54) is 11.3 Å². The number of urea groups is 1. The lowest BCUT2D eigenvalue weighted by molar-refractivity contribution is -0.149. The molecule has 1 aliphatic rings. The summed E-state index contributed by atoms with van der Waals surface area (Å²) in [5.74, 6) is -0.962. The molecule has 2 rings (SSSR count). The number of ether oxygens (including phenoxy) is 1. The van der Waals surface area contributed by atoms with Gasteiger partial charge in [0.25, 0.3) is 0 Å². The average molecular weight is 286 g/mol. The molecule has 19 heavy (non-hydrogen) atoms. The zero-order valence-corrected chi connectivity index (χ0v) is 11.1. The minimum atomic E-state index is -0.962. The summed E-state index contributed by atoms with van der Waals surface area (Å²) >= 11 is 1.28. The van der Waals surface area contributed by atoms with Crippen LogP contribution in [0.1, 0.15) is 17.8 Å². The molecule has 8 nitrogen and oxygen atoms in total. The standard InChI is InChI=1S/C10H14N4O4S/c1-5-13-14-10(19-5)12-9(17)11-4-6-2-3-7(18-6)8(15)16/h6-7H,2-4H2,1H3,(H,15,16)(H2,11,12,14,17). The van der Waals surface area contributed by atoms with E-state index in [1.807, 2.05) is 0 Å². The van der Waals surface area contributed by atoms with Crippen molar-refractivity contribution in [2.24, 2.45) is 0 Å². The fraction of sp³-hybridized carbons (Fsp3) is 0.600. The molecule has 0 aromatic carbocycles. The molecule has 1 saturated heterocycles. The van der Waals surface area contributed by atoms with E-state index in [2.05, 4.69) is 20.8 Å². The van der Waals surface area contributed by atoms with E-state index in [9.17, 15) is 9.59 Å². The predicted molar refractivity (Wildman–Crippen MR) is 67.2 cm³/mol. The second-order valence-electron chi connectivity index (χ2n) is 4.12. The highest BCUT2D eigenvalue weighted by Crippen LogP contribution is 2.19. The highest BCUT2D eigenvalue weighted by atomic mass is 32.1. The SMILES string of the molecule is Cc1nnc(NC(=O)NCC2CCC(C(=O)O)O2)s1. The van der Waals surface area contributed by atoms with Gasteiger partial charge in [-0.2, -0.15) is 0 Å². The number of carboxylic acids is 1. The number of nitrogens with one attached hydrogen (secondary N) is 2. The monoisotopic (exact) mass is 286 g/mol. The molecular weight excluding hydrogens is 272 g/mol. The Balaban J connectivity index is 1.71. The Morgan fingerprint density at radius 3 is 2.84 bits per heavy atom. The van der Waals surface area contributed by atoms with Crippen molar-refractivity contribution in [3.63, 3.8) is 0 Å². The van der Waals surface area contributed by atoms with E-state index in [0.29, 0.717) is 18.0 Å². The summed E-state index contributed by atoms with van der Waals surface area (Å²) < 4.78 is 5.26. The third-order valence-electron chi connectivity index (χ3n) is 2.62. The third-order valence-corrected chi connectivity index (χ3v) is 3.37. The van der Waals surface area contributed by atoms with Crippen molar-refractivity contribution in [2.45, 2.75) is 32.0 Å². The molecule has 2 unspecified atom stereocenters. The van der Waals surface area contributed by atoms with Crippen LogP contribution in [0, 0.1) is 6.92 Å². The Bertz CT molecular complexity index is 478. The normalized spacial score (nSPS) is 22.2. The van der Waals surface area contributed by atoms with Gasteiger partial charge in [-0.25, -0.2) is 9.59 Å². The smallest absolute Gasteiger partial charge is 0.332 e. The third kappa shape index (κ3) is 3.86. The van der Waals surface area contributed by atoms with Crippen molar-refractivity contribution in [1.29, 1.82) is 0 Å². The lowest BCUT2D eigenvalue weighted by Crippen LogP contribution is -2.35. The Hall–Kier alpha value is -1.74. The van der Waals surface area contributed by atoms with Crippen molar-refractivity contribution < 1.29 is 19.4 Å². The fourth-order valence-corrected chi connectivity index (χ4v) is 2.32. The van der Waals surface area contributed by atoms with Crippen molar-refractivity contribution in [2.75, 3.05) is 11.9 Å². The van der Waals surface area contributed by atoms with Gasteiger partial charge in [0, 0.05) is 6.54 Å². The first-order valence-corrected chi connectivity index (χ1v) is 6.59. The van der Waals surface area contributed by atoms with Gasteiger partial charge < -0.3 is 15.2 Å². The Labute approximate surface area is 113 Å². The highest BCUT2D eigenvalue weighted by Gasteiger charge is 2.30. The van der Waals surface area contributed by atoms with Crippen LogP contribution in [0.4, 0.5) is 9.93 Å². The molecule has 1 aliphatic heterocycles. The molecule has 3 N–H and O–H groups in total. The average Bonchev–Trinajstić information content (AvgIpc) is 2.96. The maximum atomic E-state index is 11.5. The van der Waals surface area contributed by atoms with Gasteiger partial charge in [-0.05, 0) is 19.8 Å². The topological polar surface area (TPSA) is 113 Å². The number of anilines is 1. The van der Waals surface area contributed by atoms with E-state index < -0.39 is 18.1 Å². The van der Waals surface area contributed by atoms with Gasteiger partial charge >= 0.3 is 12.0 Å². The summed E-state index contributed by atoms with van der Waals surface area (Å²) in [4.78, 5) is 22.2. The van der Waals surface area contributed by atoms with Gasteiger partial charge in [0.1, 0.15) is 5.01 Å². The van der Waals surface area contributed by atoms with Gasteiger partial charge in [-0.3, -0.25) is 5.32 Å². The van der Waals surface area contributed by atoms with Crippen LogP contribution < -0.4 is 10.6 Å². The van der Waals surface area contributed by atoms with E-state index in [4.69, 9.17) is 9.84 Å². The van der Waals surface area contributed by atoms with Gasteiger partial charge in [-0.1, -0.05) is 11.3 Å². The van der Waals surface area contributed by atoms with Crippen molar-refractivity contribution >= 4 is 28.5 Å². The van der Waals surface area contributed by atoms with E-state index in [-0.39, 0.29) is 12.6 Å². The quantitative estimate of drug-likeness (QED) is 0.747. The molecule has 1 aromatic rings. The van der Waals surface area contributed by atoms with Gasteiger partial charge in [0.15, 0.2) is 6.10 Å². The molecule has 0 spiro atoms. The number of aromatic nitrogens is 2. The Morgan fingerprint density at radius 1 is 1.47 bits per heavy atom. The molecule has 2 atom stereocenters. The molecule has 0 saturated carbocycles. The first kappa shape index (κ1) is 13.7. The second kappa shape index (κ2) is 5.93. The van der Waals surface area contributed by atoms with Crippen LogP contribution in [0.5, 0.6) is 0 Å². The number of amides is 2. The maximum Gasteiger partial charge on any atom is 0.332 e. The van der Waals surface area contributed by atoms with Crippen LogP contribution in [0.25, 0.3) is 0 Å². The summed E-state index contributed by atoms with van der Waals surface area (Å²) in [5.41, 5.74) is 0. The van der Waals surface area contributed by atoms with Gasteiger partial charge in [-0.15, -0.1) is 10.2 Å². The molecule has 0 radical (unpaired) electrons. The van der Waals surface area contributed by atoms with Crippen LogP contribution in [0.2, 0.25) is 0 Å². The van der Waals surface area contributed by atoms with Crippen LogP contribution >= 0.6 is 11.3 Å². The summed E-state index contributed by atoms with van der Waals surface area (Å²) in [7, 11) is 0. The minimum absolute atomic E-state index is 0.261. The Morgan fingerprint density at radius 2 is 2.26 bits per heavy atom. The van der Waals surface area contributed by atoms with Crippen LogP contribution in [-0.4, -0.2) is 46.1 Å². The van der Waals surface area contributed by atoms with Crippen LogP contribution in [0.3, 0.4) is 0 Å². The number of nitrogens with zero attached hydrogens (tertiary/aromatic N) is 2. The Kier molecular flexibility index (Phi) is 4.27. The number of carbonyl (C=O) groups excluding carboxylic acids is 1. The summed E-state index contributed by atoms with van der Waals surface area (Å²) in [5, 5.41) is 22.6. The molecular formula is C10H14N4O4S. The molecule has 0 aliphatic carbocycles. The lowest BCUT2D eigenvalue weighted by atomic mass is 10.2. The fourth-order valence-electron chi connectivity index (χ4n) is 1.73. The predicted octanol–water partition coefficient (Wildman–Crippen LogP) is 0.600. The van der Waals surface area contributed by atoms with Crippen LogP contribution in [0.15, 0.2) is 0 Å².